The molecule has 0 amide bonds. The second kappa shape index (κ2) is 6.66. The fourth-order valence-electron chi connectivity index (χ4n) is 2.55. The highest BCUT2D eigenvalue weighted by Gasteiger charge is 2.06. The highest BCUT2D eigenvalue weighted by atomic mass is 15.2. The van der Waals surface area contributed by atoms with Crippen LogP contribution < -0.4 is 0 Å². The van der Waals surface area contributed by atoms with Crippen molar-refractivity contribution in [1.82, 2.24) is 0 Å². The molecule has 0 saturated heterocycles. The summed E-state index contributed by atoms with van der Waals surface area (Å²) in [6.45, 7) is 10.3. The van der Waals surface area contributed by atoms with Crippen LogP contribution >= 0.6 is 0 Å². The van der Waals surface area contributed by atoms with Crippen LogP contribution in [-0.2, 0) is 12.8 Å². The molecule has 0 aromatic heterocycles. The molecule has 0 spiro atoms. The lowest BCUT2D eigenvalue weighted by Gasteiger charge is -2.11. The molecule has 0 fully saturated rings. The fraction of sp³-hybridized carbons (Fsp3) is 0.368. The van der Waals surface area contributed by atoms with E-state index in [1.807, 2.05) is 20.8 Å². The van der Waals surface area contributed by atoms with Gasteiger partial charge in [-0.1, -0.05) is 38.1 Å². The lowest BCUT2D eigenvalue weighted by Crippen LogP contribution is -1.97. The molecule has 0 bridgehead atoms. The molecule has 0 aliphatic carbocycles. The van der Waals surface area contributed by atoms with Crippen LogP contribution in [0.5, 0.6) is 0 Å². The van der Waals surface area contributed by atoms with Gasteiger partial charge in [-0.2, -0.15) is 10.2 Å². The van der Waals surface area contributed by atoms with E-state index in [2.05, 4.69) is 54.4 Å². The summed E-state index contributed by atoms with van der Waals surface area (Å²) in [7, 11) is 0. The van der Waals surface area contributed by atoms with Crippen molar-refractivity contribution < 1.29 is 0 Å². The molecule has 0 unspecified atom stereocenters. The van der Waals surface area contributed by atoms with Gasteiger partial charge < -0.3 is 0 Å². The van der Waals surface area contributed by atoms with E-state index in [0.29, 0.717) is 0 Å². The number of hydrogen-bond acceptors (Lipinski definition) is 2. The monoisotopic (exact) mass is 280 g/mol. The minimum atomic E-state index is 0.960. The lowest BCUT2D eigenvalue weighted by molar-refractivity contribution is 1.13. The van der Waals surface area contributed by atoms with Crippen LogP contribution in [0.4, 0.5) is 0 Å². The normalized spacial score (nSPS) is 11.8. The van der Waals surface area contributed by atoms with Crippen molar-refractivity contribution in [1.29, 1.82) is 0 Å². The highest BCUT2D eigenvalue weighted by Crippen LogP contribution is 2.25. The minimum Gasteiger partial charge on any atom is -0.160 e. The number of benzene rings is 2. The molecule has 0 atom stereocenters. The maximum absolute atomic E-state index is 4.30. The van der Waals surface area contributed by atoms with E-state index in [1.54, 1.807) is 0 Å². The standard InChI is InChI=1S/C19H24N2/c1-6-15-8-9-16(7-2)19-12-17(10-11-18(15)19)14(5)21-20-13(3)4/h8-12H,6-7H2,1-5H3/b21-14-. The van der Waals surface area contributed by atoms with E-state index in [9.17, 15) is 0 Å². The average Bonchev–Trinajstić information content (AvgIpc) is 2.50. The molecule has 2 nitrogen and oxygen atoms in total. The molecular weight excluding hydrogens is 256 g/mol. The van der Waals surface area contributed by atoms with Crippen LogP contribution in [0.1, 0.15) is 51.3 Å². The zero-order chi connectivity index (χ0) is 15.4. The Bertz CT molecular complexity index is 705. The molecule has 0 aliphatic rings. The first kappa shape index (κ1) is 15.4. The van der Waals surface area contributed by atoms with Gasteiger partial charge >= 0.3 is 0 Å². The Morgan fingerprint density at radius 3 is 2.00 bits per heavy atom. The molecule has 0 heterocycles. The molecule has 0 saturated carbocycles. The van der Waals surface area contributed by atoms with Crippen molar-refractivity contribution in [3.05, 3.63) is 47.0 Å². The maximum atomic E-state index is 4.30. The van der Waals surface area contributed by atoms with Crippen LogP contribution in [-0.4, -0.2) is 11.4 Å². The van der Waals surface area contributed by atoms with Crippen LogP contribution in [0.25, 0.3) is 10.8 Å². The van der Waals surface area contributed by atoms with Crippen molar-refractivity contribution in [2.24, 2.45) is 10.2 Å². The summed E-state index contributed by atoms with van der Waals surface area (Å²) in [6, 6.07) is 11.1. The van der Waals surface area contributed by atoms with Crippen LogP contribution in [0, 0.1) is 0 Å². The predicted octanol–water partition coefficient (Wildman–Crippen LogP) is 5.17. The number of fused-ring (bicyclic) bond motifs is 1. The molecule has 2 aromatic carbocycles. The predicted molar refractivity (Wildman–Crippen MR) is 93.7 cm³/mol. The Labute approximate surface area is 127 Å². The molecule has 0 aliphatic heterocycles. The smallest absolute Gasteiger partial charge is 0.0672 e. The lowest BCUT2D eigenvalue weighted by atomic mass is 9.94. The van der Waals surface area contributed by atoms with E-state index in [-0.39, 0.29) is 0 Å². The van der Waals surface area contributed by atoms with Crippen molar-refractivity contribution in [2.75, 3.05) is 0 Å². The quantitative estimate of drug-likeness (QED) is 0.545. The van der Waals surface area contributed by atoms with Gasteiger partial charge in [0.15, 0.2) is 0 Å². The summed E-state index contributed by atoms with van der Waals surface area (Å²) >= 11 is 0. The third kappa shape index (κ3) is 3.38. The minimum absolute atomic E-state index is 0.960. The van der Waals surface area contributed by atoms with Crippen LogP contribution in [0.3, 0.4) is 0 Å². The summed E-state index contributed by atoms with van der Waals surface area (Å²) < 4.78 is 0. The van der Waals surface area contributed by atoms with Crippen LogP contribution in [0.2, 0.25) is 0 Å². The first-order valence-corrected chi connectivity index (χ1v) is 7.67. The zero-order valence-electron chi connectivity index (χ0n) is 13.7. The van der Waals surface area contributed by atoms with Gasteiger partial charge in [-0.05, 0) is 67.1 Å². The fourth-order valence-corrected chi connectivity index (χ4v) is 2.55. The maximum Gasteiger partial charge on any atom is 0.0672 e. The number of aryl methyl sites for hydroxylation is 2. The van der Waals surface area contributed by atoms with Gasteiger partial charge in [-0.25, -0.2) is 0 Å². The van der Waals surface area contributed by atoms with Crippen molar-refractivity contribution in [3.63, 3.8) is 0 Å². The van der Waals surface area contributed by atoms with E-state index in [1.165, 1.54) is 21.9 Å². The summed E-state index contributed by atoms with van der Waals surface area (Å²) in [5, 5.41) is 11.2. The third-order valence-electron chi connectivity index (χ3n) is 3.78. The Balaban J connectivity index is 2.60. The molecule has 2 aromatic rings. The Kier molecular flexibility index (Phi) is 4.89. The summed E-state index contributed by atoms with van der Waals surface area (Å²) in [4.78, 5) is 0. The van der Waals surface area contributed by atoms with Gasteiger partial charge in [-0.15, -0.1) is 0 Å². The summed E-state index contributed by atoms with van der Waals surface area (Å²) in [5.41, 5.74) is 5.88. The SMILES string of the molecule is CCc1ccc(CC)c2cc(/C(C)=N\N=C(C)C)ccc12. The molecule has 2 heteroatoms. The van der Waals surface area contributed by atoms with Crippen LogP contribution in [0.15, 0.2) is 40.5 Å². The third-order valence-corrected chi connectivity index (χ3v) is 3.78. The molecular formula is C19H24N2. The second-order valence-corrected chi connectivity index (χ2v) is 5.58. The largest absolute Gasteiger partial charge is 0.160 e. The Hall–Kier alpha value is -1.96. The van der Waals surface area contributed by atoms with Crippen molar-refractivity contribution in [2.45, 2.75) is 47.5 Å². The zero-order valence-corrected chi connectivity index (χ0v) is 13.7. The first-order valence-electron chi connectivity index (χ1n) is 7.67. The van der Waals surface area contributed by atoms with Gasteiger partial charge in [0.25, 0.3) is 0 Å². The molecule has 110 valence electrons. The molecule has 21 heavy (non-hydrogen) atoms. The van der Waals surface area contributed by atoms with Crippen molar-refractivity contribution in [3.8, 4) is 0 Å². The topological polar surface area (TPSA) is 24.7 Å². The Morgan fingerprint density at radius 2 is 1.43 bits per heavy atom. The van der Waals surface area contributed by atoms with Gasteiger partial charge in [0.05, 0.1) is 5.71 Å². The van der Waals surface area contributed by atoms with E-state index in [0.717, 1.165) is 29.8 Å². The van der Waals surface area contributed by atoms with Gasteiger partial charge in [0, 0.05) is 5.71 Å². The average molecular weight is 280 g/mol. The van der Waals surface area contributed by atoms with Gasteiger partial charge in [0.2, 0.25) is 0 Å². The number of rotatable bonds is 4. The van der Waals surface area contributed by atoms with E-state index < -0.39 is 0 Å². The second-order valence-electron chi connectivity index (χ2n) is 5.58. The molecule has 0 radical (unpaired) electrons. The Morgan fingerprint density at radius 1 is 0.810 bits per heavy atom. The van der Waals surface area contributed by atoms with E-state index >= 15 is 0 Å². The summed E-state index contributed by atoms with van der Waals surface area (Å²) in [6.07, 6.45) is 2.11. The van der Waals surface area contributed by atoms with Gasteiger partial charge in [0.1, 0.15) is 0 Å². The number of nitrogens with zero attached hydrogens (tertiary/aromatic N) is 2. The highest BCUT2D eigenvalue weighted by molar-refractivity contribution is 6.03. The number of hydrogen-bond donors (Lipinski definition) is 0. The molecule has 2 rings (SSSR count). The first-order chi connectivity index (χ1) is 10.1. The molecule has 0 N–H and O–H groups in total. The van der Waals surface area contributed by atoms with Crippen molar-refractivity contribution >= 4 is 22.2 Å². The van der Waals surface area contributed by atoms with E-state index in [4.69, 9.17) is 0 Å². The van der Waals surface area contributed by atoms with Gasteiger partial charge in [-0.3, -0.25) is 0 Å². The summed E-state index contributed by atoms with van der Waals surface area (Å²) in [5.74, 6) is 0.